The van der Waals surface area contributed by atoms with Crippen LogP contribution in [0, 0.1) is 5.92 Å². The molecule has 1 aromatic heterocycles. The maximum absolute atomic E-state index is 13.0. The number of hydrogen-bond donors (Lipinski definition) is 2. The van der Waals surface area contributed by atoms with Crippen molar-refractivity contribution >= 4 is 22.8 Å². The van der Waals surface area contributed by atoms with E-state index in [0.717, 1.165) is 35.3 Å². The van der Waals surface area contributed by atoms with Crippen LogP contribution < -0.4 is 5.32 Å². The molecular weight excluding hydrogens is 376 g/mol. The summed E-state index contributed by atoms with van der Waals surface area (Å²) in [6.45, 7) is 5.21. The summed E-state index contributed by atoms with van der Waals surface area (Å²) in [4.78, 5) is 35.5. The van der Waals surface area contributed by atoms with E-state index in [0.29, 0.717) is 31.0 Å². The van der Waals surface area contributed by atoms with E-state index in [1.54, 1.807) is 4.90 Å². The average molecular weight is 405 g/mol. The van der Waals surface area contributed by atoms with Gasteiger partial charge in [0.15, 0.2) is 0 Å². The van der Waals surface area contributed by atoms with E-state index in [-0.39, 0.29) is 11.8 Å². The van der Waals surface area contributed by atoms with Crippen LogP contribution in [0.15, 0.2) is 48.5 Å². The molecule has 1 aliphatic heterocycles. The van der Waals surface area contributed by atoms with Crippen LogP contribution in [-0.2, 0) is 17.8 Å². The molecule has 0 bridgehead atoms. The molecule has 2 heterocycles. The SMILES string of the molecule is CC(C)C[C@H](C(=O)NCCCc1nc2ccccc2[nH]1)N1Cc2ccccc2C1=O. The number of nitrogens with zero attached hydrogens (tertiary/aromatic N) is 2. The lowest BCUT2D eigenvalue weighted by atomic mass is 10.0. The molecule has 6 nitrogen and oxygen atoms in total. The van der Waals surface area contributed by atoms with Gasteiger partial charge < -0.3 is 15.2 Å². The first kappa shape index (κ1) is 20.1. The van der Waals surface area contributed by atoms with Crippen molar-refractivity contribution in [1.82, 2.24) is 20.2 Å². The molecule has 1 aliphatic rings. The number of rotatable bonds is 8. The Balaban J connectivity index is 1.35. The van der Waals surface area contributed by atoms with Gasteiger partial charge in [0, 0.05) is 25.1 Å². The van der Waals surface area contributed by atoms with Gasteiger partial charge in [0.05, 0.1) is 11.0 Å². The van der Waals surface area contributed by atoms with Gasteiger partial charge in [0.2, 0.25) is 5.91 Å². The number of hydrogen-bond acceptors (Lipinski definition) is 3. The Morgan fingerprint density at radius 1 is 1.17 bits per heavy atom. The Bertz CT molecular complexity index is 1020. The number of aromatic amines is 1. The van der Waals surface area contributed by atoms with Crippen molar-refractivity contribution in [1.29, 1.82) is 0 Å². The number of aryl methyl sites for hydroxylation is 1. The summed E-state index contributed by atoms with van der Waals surface area (Å²) in [7, 11) is 0. The molecule has 156 valence electrons. The first-order valence-corrected chi connectivity index (χ1v) is 10.6. The number of aromatic nitrogens is 2. The predicted molar refractivity (Wildman–Crippen MR) is 117 cm³/mol. The highest BCUT2D eigenvalue weighted by Crippen LogP contribution is 2.26. The van der Waals surface area contributed by atoms with Gasteiger partial charge in [-0.1, -0.05) is 44.2 Å². The molecular formula is C24H28N4O2. The molecule has 0 fully saturated rings. The summed E-state index contributed by atoms with van der Waals surface area (Å²) in [6.07, 6.45) is 2.20. The van der Waals surface area contributed by atoms with Gasteiger partial charge in [-0.2, -0.15) is 0 Å². The second-order valence-corrected chi connectivity index (χ2v) is 8.33. The molecule has 0 spiro atoms. The molecule has 2 amide bonds. The maximum atomic E-state index is 13.0. The van der Waals surface area contributed by atoms with Gasteiger partial charge in [-0.25, -0.2) is 4.98 Å². The standard InChI is InChI=1S/C24H28N4O2/c1-16(2)14-21(28-15-17-8-3-4-9-18(17)24(28)30)23(29)25-13-7-12-22-26-19-10-5-6-11-20(19)27-22/h3-6,8-11,16,21H,7,12-15H2,1-2H3,(H,25,29)(H,26,27)/t21-/m1/s1. The van der Waals surface area contributed by atoms with Crippen LogP contribution in [0.4, 0.5) is 0 Å². The minimum absolute atomic E-state index is 0.0475. The van der Waals surface area contributed by atoms with Crippen molar-refractivity contribution in [3.63, 3.8) is 0 Å². The molecule has 0 saturated heterocycles. The summed E-state index contributed by atoms with van der Waals surface area (Å²) in [6, 6.07) is 15.1. The molecule has 4 rings (SSSR count). The van der Waals surface area contributed by atoms with Gasteiger partial charge in [0.25, 0.3) is 5.91 Å². The third-order valence-electron chi connectivity index (χ3n) is 5.55. The molecule has 2 N–H and O–H groups in total. The highest BCUT2D eigenvalue weighted by molar-refractivity contribution is 6.01. The molecule has 0 aliphatic carbocycles. The third kappa shape index (κ3) is 4.22. The Hall–Kier alpha value is -3.15. The number of imidazole rings is 1. The van der Waals surface area contributed by atoms with E-state index in [1.807, 2.05) is 48.5 Å². The Kier molecular flexibility index (Phi) is 5.84. The molecule has 0 saturated carbocycles. The number of para-hydroxylation sites is 2. The lowest BCUT2D eigenvalue weighted by molar-refractivity contribution is -0.126. The number of H-pyrrole nitrogens is 1. The number of nitrogens with one attached hydrogen (secondary N) is 2. The summed E-state index contributed by atoms with van der Waals surface area (Å²) in [5.41, 5.74) is 3.69. The van der Waals surface area contributed by atoms with E-state index in [4.69, 9.17) is 0 Å². The minimum atomic E-state index is -0.448. The van der Waals surface area contributed by atoms with Crippen molar-refractivity contribution < 1.29 is 9.59 Å². The van der Waals surface area contributed by atoms with Gasteiger partial charge in [-0.15, -0.1) is 0 Å². The smallest absolute Gasteiger partial charge is 0.255 e. The number of fused-ring (bicyclic) bond motifs is 2. The van der Waals surface area contributed by atoms with Crippen LogP contribution in [0.25, 0.3) is 11.0 Å². The second kappa shape index (κ2) is 8.69. The van der Waals surface area contributed by atoms with E-state index in [2.05, 4.69) is 29.1 Å². The zero-order valence-corrected chi connectivity index (χ0v) is 17.5. The van der Waals surface area contributed by atoms with Crippen LogP contribution in [0.1, 0.15) is 48.4 Å². The van der Waals surface area contributed by atoms with Gasteiger partial charge in [0.1, 0.15) is 11.9 Å². The van der Waals surface area contributed by atoms with Crippen LogP contribution in [0.3, 0.4) is 0 Å². The molecule has 30 heavy (non-hydrogen) atoms. The van der Waals surface area contributed by atoms with E-state index >= 15 is 0 Å². The second-order valence-electron chi connectivity index (χ2n) is 8.33. The number of benzene rings is 2. The third-order valence-corrected chi connectivity index (χ3v) is 5.55. The Morgan fingerprint density at radius 2 is 1.93 bits per heavy atom. The molecule has 2 aromatic carbocycles. The summed E-state index contributed by atoms with van der Waals surface area (Å²) in [5.74, 6) is 1.12. The molecule has 0 unspecified atom stereocenters. The van der Waals surface area contributed by atoms with Crippen molar-refractivity contribution in [2.45, 2.75) is 45.7 Å². The van der Waals surface area contributed by atoms with Crippen molar-refractivity contribution in [3.8, 4) is 0 Å². The molecule has 0 radical (unpaired) electrons. The van der Waals surface area contributed by atoms with Crippen molar-refractivity contribution in [2.75, 3.05) is 6.54 Å². The summed E-state index contributed by atoms with van der Waals surface area (Å²) < 4.78 is 0. The van der Waals surface area contributed by atoms with Gasteiger partial charge >= 0.3 is 0 Å². The first-order valence-electron chi connectivity index (χ1n) is 10.6. The monoisotopic (exact) mass is 404 g/mol. The van der Waals surface area contributed by atoms with Crippen LogP contribution in [0.2, 0.25) is 0 Å². The quantitative estimate of drug-likeness (QED) is 0.562. The predicted octanol–water partition coefficient (Wildman–Crippen LogP) is 3.68. The molecule has 3 aromatic rings. The van der Waals surface area contributed by atoms with Crippen LogP contribution >= 0.6 is 0 Å². The Morgan fingerprint density at radius 3 is 2.70 bits per heavy atom. The highest BCUT2D eigenvalue weighted by atomic mass is 16.2. The molecule has 6 heteroatoms. The minimum Gasteiger partial charge on any atom is -0.354 e. The fourth-order valence-corrected chi connectivity index (χ4v) is 4.06. The normalized spacial score (nSPS) is 14.4. The topological polar surface area (TPSA) is 78.1 Å². The maximum Gasteiger partial charge on any atom is 0.255 e. The Labute approximate surface area is 176 Å². The van der Waals surface area contributed by atoms with E-state index < -0.39 is 6.04 Å². The summed E-state index contributed by atoms with van der Waals surface area (Å²) in [5, 5.41) is 3.04. The fourth-order valence-electron chi connectivity index (χ4n) is 4.06. The summed E-state index contributed by atoms with van der Waals surface area (Å²) >= 11 is 0. The van der Waals surface area contributed by atoms with Gasteiger partial charge in [-0.05, 0) is 42.5 Å². The first-order chi connectivity index (χ1) is 14.5. The zero-order chi connectivity index (χ0) is 21.1. The number of carbonyl (C=O) groups excluding carboxylic acids is 2. The molecule has 1 atom stereocenters. The largest absolute Gasteiger partial charge is 0.354 e. The van der Waals surface area contributed by atoms with Crippen molar-refractivity contribution in [3.05, 3.63) is 65.5 Å². The average Bonchev–Trinajstić information content (AvgIpc) is 3.30. The van der Waals surface area contributed by atoms with Crippen LogP contribution in [-0.4, -0.2) is 39.3 Å². The number of carbonyl (C=O) groups is 2. The lowest BCUT2D eigenvalue weighted by Gasteiger charge is -2.28. The van der Waals surface area contributed by atoms with Gasteiger partial charge in [-0.3, -0.25) is 9.59 Å². The lowest BCUT2D eigenvalue weighted by Crippen LogP contribution is -2.48. The van der Waals surface area contributed by atoms with Crippen molar-refractivity contribution in [2.24, 2.45) is 5.92 Å². The van der Waals surface area contributed by atoms with E-state index in [9.17, 15) is 9.59 Å². The van der Waals surface area contributed by atoms with Crippen LogP contribution in [0.5, 0.6) is 0 Å². The van der Waals surface area contributed by atoms with E-state index in [1.165, 1.54) is 0 Å². The highest BCUT2D eigenvalue weighted by Gasteiger charge is 2.36. The zero-order valence-electron chi connectivity index (χ0n) is 17.5. The fraction of sp³-hybridized carbons (Fsp3) is 0.375. The number of amides is 2.